The summed E-state index contributed by atoms with van der Waals surface area (Å²) in [5.41, 5.74) is 3.02. The summed E-state index contributed by atoms with van der Waals surface area (Å²) in [6, 6.07) is 6.55. The van der Waals surface area contributed by atoms with Crippen LogP contribution in [0.15, 0.2) is 41.1 Å². The highest BCUT2D eigenvalue weighted by molar-refractivity contribution is 9.10. The summed E-state index contributed by atoms with van der Waals surface area (Å²) >= 11 is 3.47. The van der Waals surface area contributed by atoms with Crippen molar-refractivity contribution in [3.8, 4) is 0 Å². The number of hydrogen-bond donors (Lipinski definition) is 1. The van der Waals surface area contributed by atoms with Gasteiger partial charge >= 0.3 is 0 Å². The number of aryl methyl sites for hydroxylation is 2. The third-order valence-corrected chi connectivity index (χ3v) is 5.20. The van der Waals surface area contributed by atoms with Crippen LogP contribution in [0, 0.1) is 19.7 Å². The summed E-state index contributed by atoms with van der Waals surface area (Å²) in [6.45, 7) is 4.67. The monoisotopic (exact) mass is 419 g/mol. The Morgan fingerprint density at radius 1 is 1.31 bits per heavy atom. The van der Waals surface area contributed by atoms with Gasteiger partial charge < -0.3 is 5.32 Å². The summed E-state index contributed by atoms with van der Waals surface area (Å²) in [6.07, 6.45) is 3.54. The van der Waals surface area contributed by atoms with Gasteiger partial charge in [-0.05, 0) is 35.8 Å². The molecule has 136 valence electrons. The van der Waals surface area contributed by atoms with E-state index in [2.05, 4.69) is 31.4 Å². The Morgan fingerprint density at radius 3 is 2.77 bits per heavy atom. The summed E-state index contributed by atoms with van der Waals surface area (Å²) in [5, 5.41) is 11.4. The Kier molecular flexibility index (Phi) is 5.51. The van der Waals surface area contributed by atoms with Gasteiger partial charge in [0.05, 0.1) is 35.1 Å². The lowest BCUT2D eigenvalue weighted by molar-refractivity contribution is -0.116. The standard InChI is InChI=1S/C18H19BrFN5O/c1-12-18(19)13(2)25(23-12)8-7-17(26)22-15-9-21-24(11-15)10-14-5-3-4-6-16(14)20/h3-6,9,11H,7-8,10H2,1-2H3,(H,22,26). The molecule has 0 fully saturated rings. The normalized spacial score (nSPS) is 10.9. The number of aromatic nitrogens is 4. The lowest BCUT2D eigenvalue weighted by atomic mass is 10.2. The zero-order valence-corrected chi connectivity index (χ0v) is 16.1. The molecule has 1 amide bonds. The molecular formula is C18H19BrFN5O. The van der Waals surface area contributed by atoms with E-state index in [4.69, 9.17) is 0 Å². The van der Waals surface area contributed by atoms with Crippen LogP contribution < -0.4 is 5.32 Å². The number of hydrogen-bond acceptors (Lipinski definition) is 3. The third-order valence-electron chi connectivity index (χ3n) is 4.05. The van der Waals surface area contributed by atoms with E-state index in [-0.39, 0.29) is 11.7 Å². The Morgan fingerprint density at radius 2 is 2.08 bits per heavy atom. The first-order chi connectivity index (χ1) is 12.4. The zero-order chi connectivity index (χ0) is 18.7. The van der Waals surface area contributed by atoms with Crippen LogP contribution in [0.3, 0.4) is 0 Å². The van der Waals surface area contributed by atoms with E-state index in [0.717, 1.165) is 15.9 Å². The second-order valence-corrected chi connectivity index (χ2v) is 6.82. The molecule has 0 saturated heterocycles. The topological polar surface area (TPSA) is 64.7 Å². The van der Waals surface area contributed by atoms with Gasteiger partial charge in [0.15, 0.2) is 0 Å². The number of rotatable bonds is 6. The Labute approximate surface area is 159 Å². The molecule has 3 rings (SSSR count). The second kappa shape index (κ2) is 7.82. The SMILES string of the molecule is Cc1nn(CCC(=O)Nc2cnn(Cc3ccccc3F)c2)c(C)c1Br. The van der Waals surface area contributed by atoms with Crippen LogP contribution in [0.5, 0.6) is 0 Å². The van der Waals surface area contributed by atoms with Gasteiger partial charge in [0.1, 0.15) is 5.82 Å². The van der Waals surface area contributed by atoms with E-state index < -0.39 is 0 Å². The molecule has 3 aromatic rings. The van der Waals surface area contributed by atoms with Crippen molar-refractivity contribution in [1.82, 2.24) is 19.6 Å². The molecule has 0 saturated carbocycles. The molecule has 0 aliphatic rings. The van der Waals surface area contributed by atoms with Gasteiger partial charge in [-0.2, -0.15) is 10.2 Å². The molecule has 0 bridgehead atoms. The molecule has 0 spiro atoms. The van der Waals surface area contributed by atoms with Crippen molar-refractivity contribution in [3.63, 3.8) is 0 Å². The van der Waals surface area contributed by atoms with Gasteiger partial charge in [-0.25, -0.2) is 4.39 Å². The number of carbonyl (C=O) groups is 1. The maximum absolute atomic E-state index is 13.7. The Balaban J connectivity index is 1.56. The number of nitrogens with one attached hydrogen (secondary N) is 1. The molecule has 2 aromatic heterocycles. The second-order valence-electron chi connectivity index (χ2n) is 6.02. The number of halogens is 2. The van der Waals surface area contributed by atoms with Crippen molar-refractivity contribution in [1.29, 1.82) is 0 Å². The van der Waals surface area contributed by atoms with Crippen molar-refractivity contribution < 1.29 is 9.18 Å². The molecule has 0 aliphatic carbocycles. The fourth-order valence-electron chi connectivity index (χ4n) is 2.64. The number of benzene rings is 1. The van der Waals surface area contributed by atoms with E-state index in [0.29, 0.717) is 30.8 Å². The van der Waals surface area contributed by atoms with Crippen LogP contribution in [-0.4, -0.2) is 25.5 Å². The van der Waals surface area contributed by atoms with E-state index in [1.165, 1.54) is 6.07 Å². The molecule has 6 nitrogen and oxygen atoms in total. The van der Waals surface area contributed by atoms with Crippen molar-refractivity contribution in [3.05, 3.63) is 63.9 Å². The molecule has 8 heteroatoms. The van der Waals surface area contributed by atoms with Gasteiger partial charge in [0, 0.05) is 23.9 Å². The van der Waals surface area contributed by atoms with Crippen LogP contribution in [-0.2, 0) is 17.9 Å². The highest BCUT2D eigenvalue weighted by Crippen LogP contribution is 2.20. The molecule has 0 atom stereocenters. The minimum atomic E-state index is -0.273. The average molecular weight is 420 g/mol. The molecule has 1 aromatic carbocycles. The fraction of sp³-hybridized carbons (Fsp3) is 0.278. The lowest BCUT2D eigenvalue weighted by Gasteiger charge is -2.05. The van der Waals surface area contributed by atoms with Gasteiger partial charge in [0.2, 0.25) is 5.91 Å². The Bertz CT molecular complexity index is 934. The summed E-state index contributed by atoms with van der Waals surface area (Å²) in [4.78, 5) is 12.1. The van der Waals surface area contributed by atoms with Gasteiger partial charge in [-0.3, -0.25) is 14.2 Å². The molecule has 1 N–H and O–H groups in total. The van der Waals surface area contributed by atoms with Crippen LogP contribution in [0.25, 0.3) is 0 Å². The zero-order valence-electron chi connectivity index (χ0n) is 14.5. The first-order valence-corrected chi connectivity index (χ1v) is 8.98. The minimum Gasteiger partial charge on any atom is -0.323 e. The quantitative estimate of drug-likeness (QED) is 0.662. The predicted molar refractivity (Wildman–Crippen MR) is 100 cm³/mol. The predicted octanol–water partition coefficient (Wildman–Crippen LogP) is 3.68. The van der Waals surface area contributed by atoms with Crippen molar-refractivity contribution in [2.75, 3.05) is 5.32 Å². The summed E-state index contributed by atoms with van der Waals surface area (Å²) in [7, 11) is 0. The molecule has 0 unspecified atom stereocenters. The highest BCUT2D eigenvalue weighted by Gasteiger charge is 2.11. The smallest absolute Gasteiger partial charge is 0.226 e. The minimum absolute atomic E-state index is 0.126. The first-order valence-electron chi connectivity index (χ1n) is 8.19. The van der Waals surface area contributed by atoms with Crippen LogP contribution >= 0.6 is 15.9 Å². The first kappa shape index (κ1) is 18.3. The lowest BCUT2D eigenvalue weighted by Crippen LogP contribution is -2.15. The highest BCUT2D eigenvalue weighted by atomic mass is 79.9. The molecule has 26 heavy (non-hydrogen) atoms. The van der Waals surface area contributed by atoms with E-state index in [1.54, 1.807) is 40.0 Å². The summed E-state index contributed by atoms with van der Waals surface area (Å²) in [5.74, 6) is -0.399. The van der Waals surface area contributed by atoms with Crippen LogP contribution in [0.4, 0.5) is 10.1 Å². The molecule has 0 radical (unpaired) electrons. The van der Waals surface area contributed by atoms with E-state index in [1.807, 2.05) is 13.8 Å². The summed E-state index contributed by atoms with van der Waals surface area (Å²) < 4.78 is 18.1. The van der Waals surface area contributed by atoms with Gasteiger partial charge in [-0.1, -0.05) is 18.2 Å². The van der Waals surface area contributed by atoms with Gasteiger partial charge in [0.25, 0.3) is 0 Å². The van der Waals surface area contributed by atoms with Crippen LogP contribution in [0.1, 0.15) is 23.4 Å². The average Bonchev–Trinajstić information content (AvgIpc) is 3.15. The van der Waals surface area contributed by atoms with Crippen LogP contribution in [0.2, 0.25) is 0 Å². The van der Waals surface area contributed by atoms with E-state index >= 15 is 0 Å². The number of anilines is 1. The van der Waals surface area contributed by atoms with Crippen molar-refractivity contribution in [2.24, 2.45) is 0 Å². The van der Waals surface area contributed by atoms with Gasteiger partial charge in [-0.15, -0.1) is 0 Å². The maximum atomic E-state index is 13.7. The molecule has 2 heterocycles. The largest absolute Gasteiger partial charge is 0.323 e. The van der Waals surface area contributed by atoms with E-state index in [9.17, 15) is 9.18 Å². The molecular weight excluding hydrogens is 401 g/mol. The fourth-order valence-corrected chi connectivity index (χ4v) is 2.92. The number of amides is 1. The third kappa shape index (κ3) is 4.19. The van der Waals surface area contributed by atoms with Crippen molar-refractivity contribution >= 4 is 27.5 Å². The van der Waals surface area contributed by atoms with Crippen molar-refractivity contribution in [2.45, 2.75) is 33.4 Å². The Hall–Kier alpha value is -2.48. The number of nitrogens with zero attached hydrogens (tertiary/aromatic N) is 4. The number of carbonyl (C=O) groups excluding carboxylic acids is 1. The maximum Gasteiger partial charge on any atom is 0.226 e. The molecule has 0 aliphatic heterocycles.